The van der Waals surface area contributed by atoms with E-state index in [1.165, 1.54) is 28.8 Å². The van der Waals surface area contributed by atoms with Crippen molar-refractivity contribution in [3.63, 3.8) is 0 Å². The van der Waals surface area contributed by atoms with E-state index in [0.29, 0.717) is 30.7 Å². The minimum Gasteiger partial charge on any atom is -0.314 e. The summed E-state index contributed by atoms with van der Waals surface area (Å²) in [5.41, 5.74) is -1.21. The van der Waals surface area contributed by atoms with Gasteiger partial charge in [-0.2, -0.15) is 0 Å². The second-order valence-corrected chi connectivity index (χ2v) is 15.4. The van der Waals surface area contributed by atoms with Crippen molar-refractivity contribution >= 4 is 48.2 Å². The number of rotatable bonds is 10. The summed E-state index contributed by atoms with van der Waals surface area (Å²) in [6.07, 6.45) is -0.358. The molecule has 0 bridgehead atoms. The lowest BCUT2D eigenvalue weighted by molar-refractivity contribution is 0.150. The van der Waals surface area contributed by atoms with Crippen LogP contribution in [0.15, 0.2) is 39.1 Å². The van der Waals surface area contributed by atoms with Crippen LogP contribution in [0.4, 0.5) is 8.78 Å². The third-order valence-electron chi connectivity index (χ3n) is 6.53. The van der Waals surface area contributed by atoms with Crippen LogP contribution in [0.2, 0.25) is 5.15 Å². The minimum absolute atomic E-state index is 0.0159. The van der Waals surface area contributed by atoms with Crippen molar-refractivity contribution in [2.45, 2.75) is 41.7 Å². The number of nitrogens with zero attached hydrogens (tertiary/aromatic N) is 5. The van der Waals surface area contributed by atoms with Crippen molar-refractivity contribution in [3.8, 4) is 22.0 Å². The lowest BCUT2D eigenvalue weighted by atomic mass is 10.1. The summed E-state index contributed by atoms with van der Waals surface area (Å²) in [5.74, 6) is -0.0611. The summed E-state index contributed by atoms with van der Waals surface area (Å²) in [6.45, 7) is 2.11. The normalized spacial score (nSPS) is 16.5. The number of aromatic nitrogens is 5. The number of imidazole rings is 1. The topological polar surface area (TPSA) is 166 Å². The monoisotopic (exact) mass is 646 g/mol. The summed E-state index contributed by atoms with van der Waals surface area (Å²) in [4.78, 5) is 21.6. The third kappa shape index (κ3) is 5.91. The number of pyridine rings is 2. The first-order chi connectivity index (χ1) is 19.1. The first-order valence-corrected chi connectivity index (χ1v) is 16.5. The molecular weight excluding hydrogens is 622 g/mol. The van der Waals surface area contributed by atoms with Gasteiger partial charge in [0.05, 0.1) is 25.9 Å². The van der Waals surface area contributed by atoms with Gasteiger partial charge >= 0.3 is 0 Å². The summed E-state index contributed by atoms with van der Waals surface area (Å²) in [7, 11) is -3.91. The van der Waals surface area contributed by atoms with E-state index in [0.717, 1.165) is 0 Å². The van der Waals surface area contributed by atoms with Crippen LogP contribution < -0.4 is 10.3 Å². The molecular formula is C23H25ClF2N8O4S3. The predicted molar refractivity (Wildman–Crippen MR) is 151 cm³/mol. The lowest BCUT2D eigenvalue weighted by Gasteiger charge is -2.15. The smallest absolute Gasteiger partial charge is 0.291 e. The maximum absolute atomic E-state index is 13.4. The summed E-state index contributed by atoms with van der Waals surface area (Å²) < 4.78 is 78.4. The number of aromatic amines is 1. The van der Waals surface area contributed by atoms with E-state index in [2.05, 4.69) is 24.9 Å². The number of nitrogens with one attached hydrogen (secondary N) is 3. The Hall–Kier alpha value is -2.83. The maximum Gasteiger partial charge on any atom is 0.291 e. The quantitative estimate of drug-likeness (QED) is 0.235. The Labute approximate surface area is 242 Å². The Morgan fingerprint density at radius 3 is 2.54 bits per heavy atom. The molecule has 12 nitrogen and oxygen atoms in total. The molecule has 0 radical (unpaired) electrons. The molecule has 1 saturated carbocycles. The highest BCUT2D eigenvalue weighted by molar-refractivity contribution is 7.92. The SMILES string of the molecule is CN(C)CCS(=N)(=O)c1ccc(-c2cc(S(=O)(=O)NC3(C)CC3)cn3c(-c4nnc(C(F)F)s4)nc(Cl)c23)c(=O)[nH]1. The van der Waals surface area contributed by atoms with Gasteiger partial charge < -0.3 is 9.88 Å². The zero-order valence-electron chi connectivity index (χ0n) is 21.9. The van der Waals surface area contributed by atoms with Gasteiger partial charge in [-0.25, -0.2) is 35.9 Å². The van der Waals surface area contributed by atoms with Gasteiger partial charge in [0.25, 0.3) is 12.0 Å². The Morgan fingerprint density at radius 1 is 1.24 bits per heavy atom. The fourth-order valence-corrected chi connectivity index (χ4v) is 7.85. The van der Waals surface area contributed by atoms with Crippen LogP contribution >= 0.6 is 22.9 Å². The number of halogens is 3. The summed E-state index contributed by atoms with van der Waals surface area (Å²) in [6, 6.07) is 3.94. The third-order valence-corrected chi connectivity index (χ3v) is 11.0. The molecule has 5 rings (SSSR count). The number of hydrogen-bond acceptors (Lipinski definition) is 10. The van der Waals surface area contributed by atoms with Crippen molar-refractivity contribution in [2.24, 2.45) is 0 Å². The fraction of sp³-hybridized carbons (Fsp3) is 0.391. The van der Waals surface area contributed by atoms with Crippen molar-refractivity contribution in [1.82, 2.24) is 34.2 Å². The van der Waals surface area contributed by atoms with Crippen LogP contribution in [0.1, 0.15) is 31.2 Å². The highest BCUT2D eigenvalue weighted by Crippen LogP contribution is 2.39. The van der Waals surface area contributed by atoms with E-state index in [1.807, 2.05) is 0 Å². The standard InChI is InChI=1S/C23H25ClF2N8O4S3/c1-23(6-7-23)32-41(37,38)12-10-14(13-4-5-15(28-20(13)35)40(27,36)9-8-33(2)3)16-17(24)29-19(34(16)11-12)22-31-30-21(39-22)18(25)26/h4-5,10-11,18,27,32H,6-9H2,1-3H3,(H,28,35). The van der Waals surface area contributed by atoms with E-state index in [1.54, 1.807) is 25.9 Å². The van der Waals surface area contributed by atoms with Gasteiger partial charge in [-0.1, -0.05) is 22.9 Å². The summed E-state index contributed by atoms with van der Waals surface area (Å²) >= 11 is 7.05. The van der Waals surface area contributed by atoms with E-state index in [9.17, 15) is 26.2 Å². The highest BCUT2D eigenvalue weighted by Gasteiger charge is 2.41. The molecule has 1 aliphatic carbocycles. The highest BCUT2D eigenvalue weighted by atomic mass is 35.5. The molecule has 0 aromatic carbocycles. The number of fused-ring (bicyclic) bond motifs is 1. The van der Waals surface area contributed by atoms with Crippen LogP contribution in [0.5, 0.6) is 0 Å². The van der Waals surface area contributed by atoms with Crippen LogP contribution in [-0.2, 0) is 19.8 Å². The molecule has 4 heterocycles. The molecule has 0 saturated heterocycles. The molecule has 4 aromatic rings. The van der Waals surface area contributed by atoms with Gasteiger partial charge in [0.2, 0.25) is 10.0 Å². The Balaban J connectivity index is 1.71. The largest absolute Gasteiger partial charge is 0.314 e. The first kappa shape index (κ1) is 29.7. The Bertz CT molecular complexity index is 1930. The maximum atomic E-state index is 13.4. The minimum atomic E-state index is -4.12. The molecule has 3 N–H and O–H groups in total. The van der Waals surface area contributed by atoms with Crippen molar-refractivity contribution < 1.29 is 21.4 Å². The zero-order chi connectivity index (χ0) is 29.9. The van der Waals surface area contributed by atoms with Crippen LogP contribution in [0, 0.1) is 4.78 Å². The van der Waals surface area contributed by atoms with Crippen LogP contribution in [-0.4, -0.2) is 74.0 Å². The fourth-order valence-electron chi connectivity index (χ4n) is 4.02. The van der Waals surface area contributed by atoms with Crippen molar-refractivity contribution in [1.29, 1.82) is 4.78 Å². The second-order valence-electron chi connectivity index (χ2n) is 10.2. The molecule has 4 aromatic heterocycles. The summed E-state index contributed by atoms with van der Waals surface area (Å²) in [5, 5.41) is 6.44. The van der Waals surface area contributed by atoms with E-state index < -0.39 is 42.3 Å². The van der Waals surface area contributed by atoms with Crippen molar-refractivity contribution in [3.05, 3.63) is 44.9 Å². The average molecular weight is 647 g/mol. The molecule has 1 unspecified atom stereocenters. The van der Waals surface area contributed by atoms with Gasteiger partial charge in [0.15, 0.2) is 21.0 Å². The Morgan fingerprint density at radius 2 is 1.95 bits per heavy atom. The van der Waals surface area contributed by atoms with E-state index in [4.69, 9.17) is 16.4 Å². The molecule has 220 valence electrons. The number of H-pyrrole nitrogens is 1. The molecule has 0 spiro atoms. The van der Waals surface area contributed by atoms with Gasteiger partial charge in [-0.05, 0) is 52.1 Å². The number of alkyl halides is 2. The number of hydrogen-bond donors (Lipinski definition) is 3. The molecule has 1 aliphatic rings. The molecule has 1 fully saturated rings. The average Bonchev–Trinajstić information content (AvgIpc) is 3.26. The Kier molecular flexibility index (Phi) is 7.57. The van der Waals surface area contributed by atoms with E-state index >= 15 is 0 Å². The molecule has 0 amide bonds. The molecule has 41 heavy (non-hydrogen) atoms. The molecule has 0 aliphatic heterocycles. The van der Waals surface area contributed by atoms with E-state index in [-0.39, 0.29) is 48.3 Å². The van der Waals surface area contributed by atoms with Gasteiger partial charge in [0, 0.05) is 29.4 Å². The first-order valence-electron chi connectivity index (χ1n) is 12.1. The number of sulfonamides is 1. The predicted octanol–water partition coefficient (Wildman–Crippen LogP) is 3.60. The second kappa shape index (κ2) is 10.5. The van der Waals surface area contributed by atoms with Crippen molar-refractivity contribution in [2.75, 3.05) is 26.4 Å². The van der Waals surface area contributed by atoms with Gasteiger partial charge in [-0.3, -0.25) is 9.20 Å². The zero-order valence-corrected chi connectivity index (χ0v) is 25.1. The van der Waals surface area contributed by atoms with Gasteiger partial charge in [-0.15, -0.1) is 10.2 Å². The van der Waals surface area contributed by atoms with Crippen LogP contribution in [0.25, 0.3) is 27.5 Å². The van der Waals surface area contributed by atoms with Gasteiger partial charge in [0.1, 0.15) is 5.03 Å². The lowest BCUT2D eigenvalue weighted by Crippen LogP contribution is -2.34. The molecule has 1 atom stereocenters. The molecule has 18 heteroatoms. The van der Waals surface area contributed by atoms with Crippen LogP contribution in [0.3, 0.4) is 0 Å².